The SMILES string of the molecule is O=C(CSc1nnc(Cc2cccs2)n1-c1ccccc1)N1CCCCCCC1. The number of aromatic nitrogens is 3. The van der Waals surface area contributed by atoms with Crippen LogP contribution in [-0.4, -0.2) is 44.4 Å². The monoisotopic (exact) mass is 426 g/mol. The molecular formula is C22H26N4OS2. The highest BCUT2D eigenvalue weighted by atomic mass is 32.2. The second-order valence-corrected chi connectivity index (χ2v) is 9.24. The lowest BCUT2D eigenvalue weighted by atomic mass is 10.1. The molecule has 152 valence electrons. The minimum atomic E-state index is 0.208. The molecule has 0 spiro atoms. The van der Waals surface area contributed by atoms with E-state index in [0.29, 0.717) is 5.75 Å². The topological polar surface area (TPSA) is 51.0 Å². The molecule has 3 aromatic rings. The molecule has 0 saturated carbocycles. The van der Waals surface area contributed by atoms with Crippen LogP contribution in [0, 0.1) is 0 Å². The summed E-state index contributed by atoms with van der Waals surface area (Å²) in [6, 6.07) is 14.3. The third-order valence-corrected chi connectivity index (χ3v) is 6.95. The molecule has 1 saturated heterocycles. The van der Waals surface area contributed by atoms with Crippen molar-refractivity contribution in [1.82, 2.24) is 19.7 Å². The molecule has 1 aromatic carbocycles. The predicted octanol–water partition coefficient (Wildman–Crippen LogP) is 4.80. The number of rotatable bonds is 6. The lowest BCUT2D eigenvalue weighted by Gasteiger charge is -2.24. The van der Waals surface area contributed by atoms with Crippen LogP contribution in [0.5, 0.6) is 0 Å². The summed E-state index contributed by atoms with van der Waals surface area (Å²) < 4.78 is 2.09. The number of thiophene rings is 1. The number of thioether (sulfide) groups is 1. The van der Waals surface area contributed by atoms with Gasteiger partial charge >= 0.3 is 0 Å². The van der Waals surface area contributed by atoms with Gasteiger partial charge in [0.2, 0.25) is 5.91 Å². The van der Waals surface area contributed by atoms with Gasteiger partial charge in [0, 0.05) is 30.1 Å². The second kappa shape index (κ2) is 10.1. The van der Waals surface area contributed by atoms with Gasteiger partial charge in [0.05, 0.1) is 5.75 Å². The maximum atomic E-state index is 12.8. The Hall–Kier alpha value is -2.12. The van der Waals surface area contributed by atoms with Crippen molar-refractivity contribution in [2.24, 2.45) is 0 Å². The maximum absolute atomic E-state index is 12.8. The fourth-order valence-corrected chi connectivity index (χ4v) is 5.20. The Bertz CT molecular complexity index is 900. The highest BCUT2D eigenvalue weighted by Crippen LogP contribution is 2.25. The van der Waals surface area contributed by atoms with Crippen LogP contribution in [0.15, 0.2) is 53.0 Å². The fraction of sp³-hybridized carbons (Fsp3) is 0.409. The number of benzene rings is 1. The molecule has 29 heavy (non-hydrogen) atoms. The van der Waals surface area contributed by atoms with Gasteiger partial charge in [0.1, 0.15) is 5.82 Å². The minimum absolute atomic E-state index is 0.208. The van der Waals surface area contributed by atoms with Crippen molar-refractivity contribution in [3.63, 3.8) is 0 Å². The molecular weight excluding hydrogens is 400 g/mol. The molecule has 2 aromatic heterocycles. The number of nitrogens with zero attached hydrogens (tertiary/aromatic N) is 4. The molecule has 1 amide bonds. The Morgan fingerprint density at radius 1 is 0.966 bits per heavy atom. The number of hydrogen-bond donors (Lipinski definition) is 0. The van der Waals surface area contributed by atoms with Gasteiger partial charge < -0.3 is 4.90 Å². The minimum Gasteiger partial charge on any atom is -0.342 e. The van der Waals surface area contributed by atoms with E-state index in [1.807, 2.05) is 23.1 Å². The third kappa shape index (κ3) is 5.28. The Morgan fingerprint density at radius 3 is 2.45 bits per heavy atom. The van der Waals surface area contributed by atoms with Crippen LogP contribution in [0.3, 0.4) is 0 Å². The molecule has 0 atom stereocenters. The zero-order valence-corrected chi connectivity index (χ0v) is 18.1. The summed E-state index contributed by atoms with van der Waals surface area (Å²) in [5.74, 6) is 1.52. The van der Waals surface area contributed by atoms with E-state index >= 15 is 0 Å². The van der Waals surface area contributed by atoms with Gasteiger partial charge in [0.15, 0.2) is 5.16 Å². The van der Waals surface area contributed by atoms with Crippen molar-refractivity contribution in [3.05, 3.63) is 58.5 Å². The zero-order valence-electron chi connectivity index (χ0n) is 16.5. The smallest absolute Gasteiger partial charge is 0.233 e. The number of hydrogen-bond acceptors (Lipinski definition) is 5. The largest absolute Gasteiger partial charge is 0.342 e. The summed E-state index contributed by atoms with van der Waals surface area (Å²) in [7, 11) is 0. The number of amides is 1. The van der Waals surface area contributed by atoms with Gasteiger partial charge in [-0.1, -0.05) is 55.3 Å². The highest BCUT2D eigenvalue weighted by Gasteiger charge is 2.19. The fourth-order valence-electron chi connectivity index (χ4n) is 3.63. The molecule has 0 N–H and O–H groups in total. The first-order valence-electron chi connectivity index (χ1n) is 10.2. The van der Waals surface area contributed by atoms with E-state index in [9.17, 15) is 4.79 Å². The molecule has 1 aliphatic rings. The molecule has 1 fully saturated rings. The van der Waals surface area contributed by atoms with Gasteiger partial charge in [-0.25, -0.2) is 0 Å². The molecule has 5 nitrogen and oxygen atoms in total. The highest BCUT2D eigenvalue weighted by molar-refractivity contribution is 7.99. The number of carbonyl (C=O) groups excluding carboxylic acids is 1. The Balaban J connectivity index is 1.50. The van der Waals surface area contributed by atoms with Crippen LogP contribution < -0.4 is 0 Å². The second-order valence-electron chi connectivity index (χ2n) is 7.26. The molecule has 0 unspecified atom stereocenters. The van der Waals surface area contributed by atoms with Crippen LogP contribution in [0.2, 0.25) is 0 Å². The predicted molar refractivity (Wildman–Crippen MR) is 119 cm³/mol. The van der Waals surface area contributed by atoms with Crippen LogP contribution in [-0.2, 0) is 11.2 Å². The summed E-state index contributed by atoms with van der Waals surface area (Å²) in [6.07, 6.45) is 6.71. The van der Waals surface area contributed by atoms with Crippen molar-refractivity contribution in [2.45, 2.75) is 43.7 Å². The van der Waals surface area contributed by atoms with Crippen LogP contribution in [0.4, 0.5) is 0 Å². The zero-order chi connectivity index (χ0) is 19.9. The van der Waals surface area contributed by atoms with Crippen LogP contribution in [0.1, 0.15) is 42.8 Å². The first kappa shape index (κ1) is 20.2. The van der Waals surface area contributed by atoms with Crippen molar-refractivity contribution in [3.8, 4) is 5.69 Å². The van der Waals surface area contributed by atoms with Gasteiger partial charge in [0.25, 0.3) is 0 Å². The van der Waals surface area contributed by atoms with Crippen molar-refractivity contribution in [2.75, 3.05) is 18.8 Å². The van der Waals surface area contributed by atoms with E-state index in [-0.39, 0.29) is 5.91 Å². The third-order valence-electron chi connectivity index (χ3n) is 5.16. The molecule has 3 heterocycles. The van der Waals surface area contributed by atoms with Gasteiger partial charge in [-0.15, -0.1) is 21.5 Å². The van der Waals surface area contributed by atoms with E-state index in [1.54, 1.807) is 11.3 Å². The van der Waals surface area contributed by atoms with Crippen LogP contribution >= 0.6 is 23.1 Å². The molecule has 0 aliphatic carbocycles. The first-order chi connectivity index (χ1) is 14.3. The molecule has 0 radical (unpaired) electrons. The number of likely N-dealkylation sites (tertiary alicyclic amines) is 1. The lowest BCUT2D eigenvalue weighted by molar-refractivity contribution is -0.128. The van der Waals surface area contributed by atoms with Gasteiger partial charge in [-0.2, -0.15) is 0 Å². The van der Waals surface area contributed by atoms with Gasteiger partial charge in [-0.05, 0) is 36.4 Å². The summed E-state index contributed by atoms with van der Waals surface area (Å²) in [6.45, 7) is 1.77. The van der Waals surface area contributed by atoms with E-state index in [4.69, 9.17) is 0 Å². The quantitative estimate of drug-likeness (QED) is 0.531. The van der Waals surface area contributed by atoms with Crippen molar-refractivity contribution >= 4 is 29.0 Å². The lowest BCUT2D eigenvalue weighted by Crippen LogP contribution is -2.35. The first-order valence-corrected chi connectivity index (χ1v) is 12.1. The Kier molecular flexibility index (Phi) is 7.00. The van der Waals surface area contributed by atoms with E-state index in [0.717, 1.165) is 49.0 Å². The van der Waals surface area contributed by atoms with Crippen LogP contribution in [0.25, 0.3) is 5.69 Å². The number of carbonyl (C=O) groups is 1. The van der Waals surface area contributed by atoms with E-state index in [2.05, 4.69) is 44.4 Å². The van der Waals surface area contributed by atoms with Gasteiger partial charge in [-0.3, -0.25) is 9.36 Å². The normalized spacial score (nSPS) is 15.1. The molecule has 1 aliphatic heterocycles. The maximum Gasteiger partial charge on any atom is 0.233 e. The average Bonchev–Trinajstić information content (AvgIpc) is 3.37. The standard InChI is InChI=1S/C22H26N4OS2/c27-21(25-13-7-2-1-3-8-14-25)17-29-22-24-23-20(16-19-12-9-15-28-19)26(22)18-10-5-4-6-11-18/h4-6,9-12,15H,1-3,7-8,13-14,16-17H2. The summed E-state index contributed by atoms with van der Waals surface area (Å²) in [5, 5.41) is 11.8. The molecule has 4 rings (SSSR count). The Labute approximate surface area is 180 Å². The average molecular weight is 427 g/mol. The van der Waals surface area contributed by atoms with Crippen molar-refractivity contribution < 1.29 is 4.79 Å². The summed E-state index contributed by atoms with van der Waals surface area (Å²) in [5.41, 5.74) is 1.03. The Morgan fingerprint density at radius 2 is 1.72 bits per heavy atom. The number of para-hydroxylation sites is 1. The summed E-state index contributed by atoms with van der Waals surface area (Å²) >= 11 is 3.21. The van der Waals surface area contributed by atoms with Crippen molar-refractivity contribution in [1.29, 1.82) is 0 Å². The molecule has 0 bridgehead atoms. The summed E-state index contributed by atoms with van der Waals surface area (Å²) in [4.78, 5) is 16.1. The van der Waals surface area contributed by atoms with E-state index in [1.165, 1.54) is 35.9 Å². The molecule has 7 heteroatoms. The van der Waals surface area contributed by atoms with E-state index < -0.39 is 0 Å².